The topological polar surface area (TPSA) is 78.5 Å². The van der Waals surface area contributed by atoms with Gasteiger partial charge in [-0.15, -0.1) is 0 Å². The lowest BCUT2D eigenvalue weighted by atomic mass is 10.1. The van der Waals surface area contributed by atoms with Gasteiger partial charge in [-0.1, -0.05) is 0 Å². The Bertz CT molecular complexity index is 655. The van der Waals surface area contributed by atoms with Gasteiger partial charge in [0.1, 0.15) is 0 Å². The minimum atomic E-state index is -3.53. The van der Waals surface area contributed by atoms with Crippen LogP contribution in [0.2, 0.25) is 0 Å². The van der Waals surface area contributed by atoms with Crippen LogP contribution < -0.4 is 10.6 Å². The largest absolute Gasteiger partial charge is 0.349 e. The van der Waals surface area contributed by atoms with Crippen LogP contribution in [0.5, 0.6) is 0 Å². The lowest BCUT2D eigenvalue weighted by Gasteiger charge is -2.23. The van der Waals surface area contributed by atoms with Crippen molar-refractivity contribution in [3.05, 3.63) is 28.2 Å². The fourth-order valence-corrected chi connectivity index (χ4v) is 4.21. The number of benzene rings is 1. The Morgan fingerprint density at radius 3 is 2.50 bits per heavy atom. The van der Waals surface area contributed by atoms with E-state index < -0.39 is 10.0 Å². The van der Waals surface area contributed by atoms with Gasteiger partial charge < -0.3 is 10.6 Å². The Hall–Kier alpha value is -0.960. The molecule has 6 nitrogen and oxygen atoms in total. The van der Waals surface area contributed by atoms with Gasteiger partial charge in [-0.2, -0.15) is 0 Å². The highest BCUT2D eigenvalue weighted by atomic mass is 79.9. The zero-order valence-electron chi connectivity index (χ0n) is 12.6. The van der Waals surface area contributed by atoms with Crippen molar-refractivity contribution in [1.82, 2.24) is 14.9 Å². The van der Waals surface area contributed by atoms with Crippen molar-refractivity contribution in [3.63, 3.8) is 0 Å². The average Bonchev–Trinajstić information content (AvgIpc) is 2.47. The summed E-state index contributed by atoms with van der Waals surface area (Å²) < 4.78 is 25.8. The molecule has 0 bridgehead atoms. The molecule has 1 amide bonds. The number of nitrogens with one attached hydrogen (secondary N) is 2. The first-order valence-corrected chi connectivity index (χ1v) is 9.29. The van der Waals surface area contributed by atoms with Crippen molar-refractivity contribution in [3.8, 4) is 0 Å². The van der Waals surface area contributed by atoms with Crippen LogP contribution in [0.3, 0.4) is 0 Å². The Kier molecular flexibility index (Phi) is 5.60. The molecule has 2 rings (SSSR count). The molecular weight excluding hydrogens is 370 g/mol. The van der Waals surface area contributed by atoms with Gasteiger partial charge in [-0.25, -0.2) is 12.7 Å². The number of halogens is 1. The smallest absolute Gasteiger partial charge is 0.251 e. The molecule has 1 aromatic carbocycles. The first-order valence-electron chi connectivity index (χ1n) is 7.06. The minimum Gasteiger partial charge on any atom is -0.349 e. The van der Waals surface area contributed by atoms with Gasteiger partial charge in [0.15, 0.2) is 0 Å². The number of carbonyl (C=O) groups excluding carboxylic acids is 1. The summed E-state index contributed by atoms with van der Waals surface area (Å²) >= 11 is 3.25. The molecule has 0 aliphatic carbocycles. The standard InChI is InChI=1S/C14H20BrN3O3S/c1-18(2)22(20,21)13-4-3-10(9-12(13)15)14(19)17-11-5-7-16-8-6-11/h3-4,9,11,16H,5-8H2,1-2H3,(H,17,19). The third-order valence-corrected chi connectivity index (χ3v) is 6.42. The lowest BCUT2D eigenvalue weighted by Crippen LogP contribution is -2.42. The first-order chi connectivity index (χ1) is 10.3. The zero-order chi connectivity index (χ0) is 16.3. The summed E-state index contributed by atoms with van der Waals surface area (Å²) in [6, 6.07) is 4.71. The first kappa shape index (κ1) is 17.4. The molecule has 2 N–H and O–H groups in total. The summed E-state index contributed by atoms with van der Waals surface area (Å²) in [6.45, 7) is 1.79. The van der Waals surface area contributed by atoms with Gasteiger partial charge in [0.2, 0.25) is 10.0 Å². The van der Waals surface area contributed by atoms with Crippen LogP contribution in [-0.4, -0.2) is 51.9 Å². The molecule has 1 saturated heterocycles. The van der Waals surface area contributed by atoms with Crippen molar-refractivity contribution in [1.29, 1.82) is 0 Å². The highest BCUT2D eigenvalue weighted by molar-refractivity contribution is 9.10. The minimum absolute atomic E-state index is 0.149. The molecule has 0 atom stereocenters. The van der Waals surface area contributed by atoms with Gasteiger partial charge >= 0.3 is 0 Å². The maximum absolute atomic E-state index is 12.2. The monoisotopic (exact) mass is 389 g/mol. The third-order valence-electron chi connectivity index (χ3n) is 3.63. The molecule has 1 aliphatic rings. The second-order valence-electron chi connectivity index (χ2n) is 5.43. The lowest BCUT2D eigenvalue weighted by molar-refractivity contribution is 0.0929. The number of carbonyl (C=O) groups is 1. The molecule has 1 aromatic rings. The van der Waals surface area contributed by atoms with Gasteiger partial charge in [0.05, 0.1) is 4.90 Å². The maximum Gasteiger partial charge on any atom is 0.251 e. The van der Waals surface area contributed by atoms with Crippen molar-refractivity contribution in [2.24, 2.45) is 0 Å². The van der Waals surface area contributed by atoms with E-state index in [9.17, 15) is 13.2 Å². The Morgan fingerprint density at radius 1 is 1.32 bits per heavy atom. The number of sulfonamides is 1. The van der Waals surface area contributed by atoms with Crippen molar-refractivity contribution in [2.45, 2.75) is 23.8 Å². The summed E-state index contributed by atoms with van der Waals surface area (Å²) in [5, 5.41) is 6.23. The maximum atomic E-state index is 12.2. The third kappa shape index (κ3) is 3.87. The summed E-state index contributed by atoms with van der Waals surface area (Å²) in [4.78, 5) is 12.4. The van der Waals surface area contributed by atoms with Crippen LogP contribution in [0.15, 0.2) is 27.6 Å². The van der Waals surface area contributed by atoms with Crippen LogP contribution in [-0.2, 0) is 10.0 Å². The second-order valence-corrected chi connectivity index (χ2v) is 8.40. The molecule has 8 heteroatoms. The van der Waals surface area contributed by atoms with E-state index in [4.69, 9.17) is 0 Å². The number of amides is 1. The normalized spacial score (nSPS) is 16.7. The molecule has 122 valence electrons. The highest BCUT2D eigenvalue weighted by Gasteiger charge is 2.22. The van der Waals surface area contributed by atoms with E-state index in [0.29, 0.717) is 10.0 Å². The van der Waals surface area contributed by atoms with E-state index in [1.807, 2.05) is 0 Å². The van der Waals surface area contributed by atoms with Gasteiger partial charge in [0.25, 0.3) is 5.91 Å². The van der Waals surface area contributed by atoms with E-state index in [-0.39, 0.29) is 16.8 Å². The SMILES string of the molecule is CN(C)S(=O)(=O)c1ccc(C(=O)NC2CCNCC2)cc1Br. The van der Waals surface area contributed by atoms with E-state index in [1.165, 1.54) is 26.2 Å². The number of rotatable bonds is 4. The molecule has 1 aliphatic heterocycles. The number of hydrogen-bond donors (Lipinski definition) is 2. The summed E-state index contributed by atoms with van der Waals surface area (Å²) in [5.74, 6) is -0.179. The molecule has 0 spiro atoms. The number of hydrogen-bond acceptors (Lipinski definition) is 4. The highest BCUT2D eigenvalue weighted by Crippen LogP contribution is 2.25. The van der Waals surface area contributed by atoms with E-state index in [2.05, 4.69) is 26.6 Å². The van der Waals surface area contributed by atoms with Crippen molar-refractivity contribution >= 4 is 31.9 Å². The Balaban J connectivity index is 2.16. The molecule has 1 heterocycles. The fourth-order valence-electron chi connectivity index (χ4n) is 2.28. The molecule has 0 saturated carbocycles. The molecule has 22 heavy (non-hydrogen) atoms. The molecule has 1 fully saturated rings. The molecular formula is C14H20BrN3O3S. The summed E-state index contributed by atoms with van der Waals surface area (Å²) in [5.41, 5.74) is 0.447. The number of nitrogens with zero attached hydrogens (tertiary/aromatic N) is 1. The van der Waals surface area contributed by atoms with Crippen molar-refractivity contribution < 1.29 is 13.2 Å². The van der Waals surface area contributed by atoms with E-state index in [0.717, 1.165) is 30.2 Å². The van der Waals surface area contributed by atoms with E-state index >= 15 is 0 Å². The summed E-state index contributed by atoms with van der Waals surface area (Å²) in [6.07, 6.45) is 1.81. The van der Waals surface area contributed by atoms with Crippen LogP contribution in [0, 0.1) is 0 Å². The van der Waals surface area contributed by atoms with Crippen LogP contribution in [0.1, 0.15) is 23.2 Å². The number of piperidine rings is 1. The molecule has 0 aromatic heterocycles. The van der Waals surface area contributed by atoms with Gasteiger partial charge in [0, 0.05) is 30.2 Å². The zero-order valence-corrected chi connectivity index (χ0v) is 15.0. The average molecular weight is 390 g/mol. The van der Waals surface area contributed by atoms with Crippen LogP contribution >= 0.6 is 15.9 Å². The van der Waals surface area contributed by atoms with Crippen molar-refractivity contribution in [2.75, 3.05) is 27.2 Å². The van der Waals surface area contributed by atoms with Crippen LogP contribution in [0.4, 0.5) is 0 Å². The van der Waals surface area contributed by atoms with Crippen LogP contribution in [0.25, 0.3) is 0 Å². The second kappa shape index (κ2) is 7.08. The predicted octanol–water partition coefficient (Wildman–Crippen LogP) is 1.18. The molecule has 0 radical (unpaired) electrons. The quantitative estimate of drug-likeness (QED) is 0.810. The van der Waals surface area contributed by atoms with Gasteiger partial charge in [-0.3, -0.25) is 4.79 Å². The summed E-state index contributed by atoms with van der Waals surface area (Å²) in [7, 11) is -0.587. The Morgan fingerprint density at radius 2 is 1.95 bits per heavy atom. The fraction of sp³-hybridized carbons (Fsp3) is 0.500. The molecule has 0 unspecified atom stereocenters. The Labute approximate surface area is 139 Å². The van der Waals surface area contributed by atoms with Gasteiger partial charge in [-0.05, 0) is 60.1 Å². The van der Waals surface area contributed by atoms with E-state index in [1.54, 1.807) is 6.07 Å². The predicted molar refractivity (Wildman–Crippen MR) is 88.4 cm³/mol.